The van der Waals surface area contributed by atoms with Gasteiger partial charge in [-0.15, -0.1) is 10.2 Å². The molecule has 3 aromatic rings. The minimum absolute atomic E-state index is 0.0699. The van der Waals surface area contributed by atoms with Crippen LogP contribution in [0.5, 0.6) is 5.75 Å². The third-order valence-corrected chi connectivity index (χ3v) is 6.19. The topological polar surface area (TPSA) is 128 Å². The molecule has 0 aliphatic carbocycles. The normalized spacial score (nSPS) is 14.2. The lowest BCUT2D eigenvalue weighted by Gasteiger charge is -2.21. The number of alkyl halides is 3. The van der Waals surface area contributed by atoms with E-state index in [4.69, 9.17) is 20.3 Å². The number of nitrogens with zero attached hydrogens (tertiary/aromatic N) is 2. The van der Waals surface area contributed by atoms with E-state index < -0.39 is 31.7 Å². The van der Waals surface area contributed by atoms with E-state index in [-0.39, 0.29) is 27.9 Å². The van der Waals surface area contributed by atoms with E-state index >= 15 is 0 Å². The van der Waals surface area contributed by atoms with Crippen LogP contribution in [0.1, 0.15) is 23.1 Å². The van der Waals surface area contributed by atoms with Crippen LogP contribution in [0.2, 0.25) is 0 Å². The Bertz CT molecular complexity index is 1140. The summed E-state index contributed by atoms with van der Waals surface area (Å²) >= 11 is 0.895. The first kappa shape index (κ1) is 25.3. The van der Waals surface area contributed by atoms with Gasteiger partial charge in [-0.1, -0.05) is 41.7 Å². The summed E-state index contributed by atoms with van der Waals surface area (Å²) in [6.45, 7) is 0.923. The number of hydrogen-bond acceptors (Lipinski definition) is 7. The number of ether oxygens (including phenoxy) is 1. The Morgan fingerprint density at radius 1 is 1.12 bits per heavy atom. The van der Waals surface area contributed by atoms with Gasteiger partial charge in [0.15, 0.2) is 0 Å². The third-order valence-electron chi connectivity index (χ3n) is 4.47. The van der Waals surface area contributed by atoms with E-state index in [2.05, 4.69) is 14.7 Å². The van der Waals surface area contributed by atoms with Crippen molar-refractivity contribution in [2.24, 2.45) is 5.73 Å². The van der Waals surface area contributed by atoms with Gasteiger partial charge in [-0.3, -0.25) is 4.52 Å². The Morgan fingerprint density at radius 2 is 1.82 bits per heavy atom. The average molecular weight is 503 g/mol. The number of phosphoric acid groups is 1. The van der Waals surface area contributed by atoms with Crippen molar-refractivity contribution in [3.8, 4) is 16.3 Å². The van der Waals surface area contributed by atoms with Crippen molar-refractivity contribution in [1.29, 1.82) is 0 Å². The van der Waals surface area contributed by atoms with E-state index in [0.29, 0.717) is 6.42 Å². The van der Waals surface area contributed by atoms with Crippen molar-refractivity contribution >= 4 is 19.2 Å². The van der Waals surface area contributed by atoms with E-state index in [0.717, 1.165) is 23.0 Å². The molecule has 0 bridgehead atoms. The second-order valence-corrected chi connectivity index (χ2v) is 9.60. The second kappa shape index (κ2) is 9.88. The fraction of sp³-hybridized carbons (Fsp3) is 0.300. The fourth-order valence-electron chi connectivity index (χ4n) is 2.78. The second-order valence-electron chi connectivity index (χ2n) is 7.39. The maximum atomic E-state index is 13.7. The highest BCUT2D eigenvalue weighted by atomic mass is 32.1. The lowest BCUT2D eigenvalue weighted by Crippen LogP contribution is -2.37. The van der Waals surface area contributed by atoms with Crippen molar-refractivity contribution in [3.05, 3.63) is 64.7 Å². The van der Waals surface area contributed by atoms with Crippen LogP contribution in [0.3, 0.4) is 0 Å². The summed E-state index contributed by atoms with van der Waals surface area (Å²) in [4.78, 5) is 17.7. The number of rotatable bonds is 9. The lowest BCUT2D eigenvalue weighted by atomic mass is 10.1. The summed E-state index contributed by atoms with van der Waals surface area (Å²) in [6, 6.07) is 12.8. The van der Waals surface area contributed by atoms with E-state index in [1.54, 1.807) is 0 Å². The van der Waals surface area contributed by atoms with Gasteiger partial charge in [0.1, 0.15) is 15.8 Å². The number of nitrogens with two attached hydrogens (primary N) is 1. The fourth-order valence-corrected chi connectivity index (χ4v) is 4.10. The smallest absolute Gasteiger partial charge is 0.469 e. The van der Waals surface area contributed by atoms with Gasteiger partial charge in [0.25, 0.3) is 0 Å². The van der Waals surface area contributed by atoms with Crippen LogP contribution >= 0.6 is 19.2 Å². The van der Waals surface area contributed by atoms with Gasteiger partial charge in [-0.25, -0.2) is 4.57 Å². The zero-order chi connectivity index (χ0) is 24.3. The molecule has 0 radical (unpaired) electrons. The Kier molecular flexibility index (Phi) is 7.57. The molecule has 1 aromatic heterocycles. The number of phosphoric ester groups is 1. The lowest BCUT2D eigenvalue weighted by molar-refractivity contribution is -0.138. The van der Waals surface area contributed by atoms with Crippen LogP contribution in [0.4, 0.5) is 13.2 Å². The first-order valence-corrected chi connectivity index (χ1v) is 11.9. The quantitative estimate of drug-likeness (QED) is 0.372. The molecule has 1 heterocycles. The number of halogens is 3. The van der Waals surface area contributed by atoms with Crippen LogP contribution in [-0.4, -0.2) is 33.2 Å². The Morgan fingerprint density at radius 3 is 2.45 bits per heavy atom. The van der Waals surface area contributed by atoms with Gasteiger partial charge >= 0.3 is 14.0 Å². The van der Waals surface area contributed by atoms with Crippen LogP contribution < -0.4 is 10.5 Å². The van der Waals surface area contributed by atoms with Gasteiger partial charge in [0.05, 0.1) is 24.3 Å². The molecule has 0 aliphatic rings. The molecule has 0 unspecified atom stereocenters. The summed E-state index contributed by atoms with van der Waals surface area (Å²) in [5.41, 5.74) is 4.72. The summed E-state index contributed by atoms with van der Waals surface area (Å²) in [5.74, 6) is -0.300. The number of hydrogen-bond donors (Lipinski definition) is 3. The molecule has 2 aromatic carbocycles. The molecule has 13 heteroatoms. The molecular weight excluding hydrogens is 482 g/mol. The first-order valence-electron chi connectivity index (χ1n) is 9.56. The SMILES string of the molecule is C[C@](N)(COP(=O)(O)O)c1nnc(-c2ccc(OCCc3ccccc3)c(C(F)(F)F)c2)s1. The Hall–Kier alpha value is -2.34. The van der Waals surface area contributed by atoms with Gasteiger partial charge in [-0.05, 0) is 30.7 Å². The predicted molar refractivity (Wildman–Crippen MR) is 116 cm³/mol. The van der Waals surface area contributed by atoms with Crippen LogP contribution in [0.15, 0.2) is 48.5 Å². The molecule has 0 fully saturated rings. The third kappa shape index (κ3) is 7.07. The summed E-state index contributed by atoms with van der Waals surface area (Å²) in [7, 11) is -4.76. The molecule has 4 N–H and O–H groups in total. The van der Waals surface area contributed by atoms with E-state index in [1.807, 2.05) is 30.3 Å². The molecular formula is C20H21F3N3O5PS. The maximum Gasteiger partial charge on any atom is 0.469 e. The first-order chi connectivity index (χ1) is 15.4. The molecule has 0 saturated heterocycles. The molecule has 0 spiro atoms. The van der Waals surface area contributed by atoms with Gasteiger partial charge in [-0.2, -0.15) is 13.2 Å². The zero-order valence-electron chi connectivity index (χ0n) is 17.3. The number of aromatic nitrogens is 2. The summed E-state index contributed by atoms with van der Waals surface area (Å²) < 4.78 is 61.8. The zero-order valence-corrected chi connectivity index (χ0v) is 19.0. The van der Waals surface area contributed by atoms with Crippen molar-refractivity contribution < 1.29 is 36.8 Å². The largest absolute Gasteiger partial charge is 0.493 e. The average Bonchev–Trinajstić information content (AvgIpc) is 3.23. The van der Waals surface area contributed by atoms with Crippen LogP contribution in [0, 0.1) is 0 Å². The summed E-state index contributed by atoms with van der Waals surface area (Å²) in [6.07, 6.45) is -4.21. The Balaban J connectivity index is 1.79. The highest BCUT2D eigenvalue weighted by Crippen LogP contribution is 2.41. The monoisotopic (exact) mass is 503 g/mol. The molecule has 33 heavy (non-hydrogen) atoms. The number of benzene rings is 2. The van der Waals surface area contributed by atoms with Crippen LogP contribution in [-0.2, 0) is 27.2 Å². The van der Waals surface area contributed by atoms with Crippen molar-refractivity contribution in [1.82, 2.24) is 10.2 Å². The standard InChI is InChI=1S/C20H21F3N3O5PS/c1-19(24,12-31-32(27,28)29)18-26-25-17(33-18)14-7-8-16(15(11-14)20(21,22)23)30-10-9-13-5-3-2-4-6-13/h2-8,11H,9-10,12,24H2,1H3,(H2,27,28,29)/t19-/m0/s1. The van der Waals surface area contributed by atoms with Crippen molar-refractivity contribution in [2.75, 3.05) is 13.2 Å². The molecule has 1 atom stereocenters. The highest BCUT2D eigenvalue weighted by Gasteiger charge is 2.35. The van der Waals surface area contributed by atoms with Gasteiger partial charge in [0.2, 0.25) is 0 Å². The summed E-state index contributed by atoms with van der Waals surface area (Å²) in [5, 5.41) is 8.04. The Labute approximate surface area is 191 Å². The molecule has 0 aliphatic heterocycles. The molecule has 3 rings (SSSR count). The van der Waals surface area contributed by atoms with E-state index in [9.17, 15) is 17.7 Å². The minimum atomic E-state index is -4.76. The van der Waals surface area contributed by atoms with Crippen molar-refractivity contribution in [3.63, 3.8) is 0 Å². The molecule has 178 valence electrons. The van der Waals surface area contributed by atoms with Gasteiger partial charge in [0, 0.05) is 12.0 Å². The predicted octanol–water partition coefficient (Wildman–Crippen LogP) is 4.13. The van der Waals surface area contributed by atoms with Gasteiger partial charge < -0.3 is 20.3 Å². The molecule has 0 saturated carbocycles. The van der Waals surface area contributed by atoms with E-state index in [1.165, 1.54) is 19.1 Å². The minimum Gasteiger partial charge on any atom is -0.493 e. The molecule has 8 nitrogen and oxygen atoms in total. The maximum absolute atomic E-state index is 13.7. The van der Waals surface area contributed by atoms with Crippen LogP contribution in [0.25, 0.3) is 10.6 Å². The molecule has 0 amide bonds. The van der Waals surface area contributed by atoms with Crippen molar-refractivity contribution in [2.45, 2.75) is 25.1 Å². The highest BCUT2D eigenvalue weighted by molar-refractivity contribution is 7.46.